The SMILES string of the molecule is COc1ccc(CN2C(=S)N(c3ccc(OC)cc3)C(=O)C2CC(=O)Nc2ccc(F)cc2)cc1. The Balaban J connectivity index is 1.59. The predicted molar refractivity (Wildman–Crippen MR) is 135 cm³/mol. The highest BCUT2D eigenvalue weighted by Crippen LogP contribution is 2.30. The third-order valence-electron chi connectivity index (χ3n) is 5.67. The van der Waals surface area contributed by atoms with Crippen molar-refractivity contribution < 1.29 is 23.5 Å². The quantitative estimate of drug-likeness (QED) is 0.470. The molecule has 180 valence electrons. The molecule has 4 rings (SSSR count). The molecule has 1 N–H and O–H groups in total. The molecule has 0 saturated carbocycles. The van der Waals surface area contributed by atoms with Crippen molar-refractivity contribution >= 4 is 40.5 Å². The lowest BCUT2D eigenvalue weighted by atomic mass is 10.1. The van der Waals surface area contributed by atoms with E-state index in [1.807, 2.05) is 24.3 Å². The minimum absolute atomic E-state index is 0.126. The molecular weight excluding hydrogens is 469 g/mol. The molecule has 1 fully saturated rings. The maximum Gasteiger partial charge on any atom is 0.256 e. The van der Waals surface area contributed by atoms with Gasteiger partial charge in [0.05, 0.1) is 26.3 Å². The number of carbonyl (C=O) groups is 2. The Bertz CT molecular complexity index is 1220. The second-order valence-electron chi connectivity index (χ2n) is 7.91. The molecule has 0 spiro atoms. The topological polar surface area (TPSA) is 71.1 Å². The maximum atomic E-state index is 13.5. The zero-order valence-electron chi connectivity index (χ0n) is 19.2. The Morgan fingerprint density at radius 2 is 1.51 bits per heavy atom. The van der Waals surface area contributed by atoms with Gasteiger partial charge in [0.2, 0.25) is 5.91 Å². The van der Waals surface area contributed by atoms with Gasteiger partial charge in [-0.2, -0.15) is 0 Å². The number of anilines is 2. The first-order valence-corrected chi connectivity index (χ1v) is 11.3. The van der Waals surface area contributed by atoms with E-state index in [9.17, 15) is 14.0 Å². The highest BCUT2D eigenvalue weighted by molar-refractivity contribution is 7.80. The van der Waals surface area contributed by atoms with Crippen LogP contribution in [0, 0.1) is 5.82 Å². The van der Waals surface area contributed by atoms with Crippen LogP contribution in [0.2, 0.25) is 0 Å². The Morgan fingerprint density at radius 3 is 2.09 bits per heavy atom. The summed E-state index contributed by atoms with van der Waals surface area (Å²) in [5, 5.41) is 3.02. The number of hydrogen-bond acceptors (Lipinski definition) is 5. The van der Waals surface area contributed by atoms with Crippen LogP contribution in [0.15, 0.2) is 72.8 Å². The van der Waals surface area contributed by atoms with Gasteiger partial charge in [-0.05, 0) is 78.4 Å². The van der Waals surface area contributed by atoms with E-state index in [2.05, 4.69) is 5.32 Å². The first-order chi connectivity index (χ1) is 16.9. The van der Waals surface area contributed by atoms with E-state index in [0.29, 0.717) is 34.5 Å². The van der Waals surface area contributed by atoms with Gasteiger partial charge in [-0.25, -0.2) is 4.39 Å². The molecule has 1 atom stereocenters. The Hall–Kier alpha value is -3.98. The summed E-state index contributed by atoms with van der Waals surface area (Å²) in [7, 11) is 3.15. The van der Waals surface area contributed by atoms with E-state index in [-0.39, 0.29) is 18.2 Å². The summed E-state index contributed by atoms with van der Waals surface area (Å²) in [4.78, 5) is 29.5. The van der Waals surface area contributed by atoms with Crippen molar-refractivity contribution in [2.24, 2.45) is 0 Å². The summed E-state index contributed by atoms with van der Waals surface area (Å²) in [6.07, 6.45) is -0.126. The molecule has 1 unspecified atom stereocenters. The van der Waals surface area contributed by atoms with Crippen molar-refractivity contribution in [2.75, 3.05) is 24.4 Å². The molecule has 2 amide bonds. The molecule has 1 aliphatic rings. The molecule has 0 bridgehead atoms. The fraction of sp³-hybridized carbons (Fsp3) is 0.192. The number of thiocarbonyl (C=S) groups is 1. The standard InChI is InChI=1S/C26H24FN3O4S/c1-33-21-11-3-17(4-12-21)16-29-23(15-24(31)28-19-7-5-18(27)6-8-19)25(32)30(26(29)35)20-9-13-22(34-2)14-10-20/h3-14,23H,15-16H2,1-2H3,(H,28,31). The summed E-state index contributed by atoms with van der Waals surface area (Å²) in [5.41, 5.74) is 1.93. The second kappa shape index (κ2) is 10.5. The van der Waals surface area contributed by atoms with E-state index in [1.165, 1.54) is 29.2 Å². The number of halogens is 1. The highest BCUT2D eigenvalue weighted by Gasteiger charge is 2.44. The van der Waals surface area contributed by atoms with Gasteiger partial charge in [-0.15, -0.1) is 0 Å². The lowest BCUT2D eigenvalue weighted by molar-refractivity contribution is -0.124. The third kappa shape index (κ3) is 5.41. The first kappa shape index (κ1) is 24.2. The number of methoxy groups -OCH3 is 2. The van der Waals surface area contributed by atoms with Crippen LogP contribution >= 0.6 is 12.2 Å². The van der Waals surface area contributed by atoms with Gasteiger partial charge in [0.15, 0.2) is 5.11 Å². The van der Waals surface area contributed by atoms with Crippen molar-refractivity contribution in [2.45, 2.75) is 19.0 Å². The van der Waals surface area contributed by atoms with E-state index >= 15 is 0 Å². The summed E-state index contributed by atoms with van der Waals surface area (Å²) in [5.74, 6) is 0.276. The predicted octanol–water partition coefficient (Wildman–Crippen LogP) is 4.37. The van der Waals surface area contributed by atoms with Crippen molar-refractivity contribution in [3.63, 3.8) is 0 Å². The van der Waals surface area contributed by atoms with Crippen LogP contribution in [-0.4, -0.2) is 42.1 Å². The molecular formula is C26H24FN3O4S. The molecule has 3 aromatic carbocycles. The Kier molecular flexibility index (Phi) is 7.26. The number of rotatable bonds is 8. The molecule has 35 heavy (non-hydrogen) atoms. The van der Waals surface area contributed by atoms with E-state index in [0.717, 1.165) is 5.56 Å². The number of benzene rings is 3. The smallest absolute Gasteiger partial charge is 0.256 e. The van der Waals surface area contributed by atoms with Crippen LogP contribution in [0.4, 0.5) is 15.8 Å². The minimum Gasteiger partial charge on any atom is -0.497 e. The first-order valence-electron chi connectivity index (χ1n) is 10.9. The zero-order valence-corrected chi connectivity index (χ0v) is 20.0. The van der Waals surface area contributed by atoms with Gasteiger partial charge in [-0.3, -0.25) is 14.5 Å². The van der Waals surface area contributed by atoms with Crippen LogP contribution < -0.4 is 19.7 Å². The average molecular weight is 494 g/mol. The molecule has 7 nitrogen and oxygen atoms in total. The van der Waals surface area contributed by atoms with E-state index < -0.39 is 11.9 Å². The van der Waals surface area contributed by atoms with Gasteiger partial charge < -0.3 is 19.7 Å². The number of nitrogens with zero attached hydrogens (tertiary/aromatic N) is 2. The molecule has 1 heterocycles. The third-order valence-corrected chi connectivity index (χ3v) is 6.09. The lowest BCUT2D eigenvalue weighted by Gasteiger charge is -2.24. The van der Waals surface area contributed by atoms with Gasteiger partial charge in [-0.1, -0.05) is 12.1 Å². The Labute approximate surface area is 208 Å². The van der Waals surface area contributed by atoms with Crippen LogP contribution in [-0.2, 0) is 16.1 Å². The average Bonchev–Trinajstić information content (AvgIpc) is 3.09. The summed E-state index contributed by atoms with van der Waals surface area (Å²) < 4.78 is 23.6. The molecule has 0 aromatic heterocycles. The maximum absolute atomic E-state index is 13.5. The molecule has 9 heteroatoms. The number of hydrogen-bond donors (Lipinski definition) is 1. The van der Waals surface area contributed by atoms with Crippen LogP contribution in [0.25, 0.3) is 0 Å². The lowest BCUT2D eigenvalue weighted by Crippen LogP contribution is -2.37. The van der Waals surface area contributed by atoms with Gasteiger partial charge >= 0.3 is 0 Å². The molecule has 0 aliphatic carbocycles. The van der Waals surface area contributed by atoms with Gasteiger partial charge in [0.1, 0.15) is 23.4 Å². The summed E-state index contributed by atoms with van der Waals surface area (Å²) in [6, 6.07) is 19.0. The van der Waals surface area contributed by atoms with Crippen LogP contribution in [0.5, 0.6) is 11.5 Å². The van der Waals surface area contributed by atoms with Crippen molar-refractivity contribution in [3.05, 3.63) is 84.2 Å². The molecule has 0 radical (unpaired) electrons. The van der Waals surface area contributed by atoms with E-state index in [4.69, 9.17) is 21.7 Å². The van der Waals surface area contributed by atoms with Crippen molar-refractivity contribution in [1.82, 2.24) is 4.90 Å². The minimum atomic E-state index is -0.813. The second-order valence-corrected chi connectivity index (χ2v) is 8.27. The van der Waals surface area contributed by atoms with Crippen molar-refractivity contribution in [1.29, 1.82) is 0 Å². The molecule has 1 saturated heterocycles. The van der Waals surface area contributed by atoms with Crippen molar-refractivity contribution in [3.8, 4) is 11.5 Å². The fourth-order valence-corrected chi connectivity index (χ4v) is 4.22. The summed E-state index contributed by atoms with van der Waals surface area (Å²) >= 11 is 5.71. The highest BCUT2D eigenvalue weighted by atomic mass is 32.1. The van der Waals surface area contributed by atoms with Gasteiger partial charge in [0, 0.05) is 12.2 Å². The number of carbonyl (C=O) groups excluding carboxylic acids is 2. The van der Waals surface area contributed by atoms with Crippen LogP contribution in [0.1, 0.15) is 12.0 Å². The number of ether oxygens (including phenoxy) is 2. The monoisotopic (exact) mass is 493 g/mol. The van der Waals surface area contributed by atoms with Crippen LogP contribution in [0.3, 0.4) is 0 Å². The number of amides is 2. The van der Waals surface area contributed by atoms with Gasteiger partial charge in [0.25, 0.3) is 5.91 Å². The number of nitrogens with one attached hydrogen (secondary N) is 1. The summed E-state index contributed by atoms with van der Waals surface area (Å²) in [6.45, 7) is 0.329. The zero-order chi connectivity index (χ0) is 24.9. The fourth-order valence-electron chi connectivity index (χ4n) is 3.83. The molecule has 3 aromatic rings. The van der Waals surface area contributed by atoms with E-state index in [1.54, 1.807) is 43.4 Å². The molecule has 1 aliphatic heterocycles. The largest absolute Gasteiger partial charge is 0.497 e. The normalized spacial score (nSPS) is 15.3. The Morgan fingerprint density at radius 1 is 0.943 bits per heavy atom.